The van der Waals surface area contributed by atoms with E-state index in [0.29, 0.717) is 58.6 Å². The average molecular weight is 637 g/mol. The molecule has 5 rings (SSSR count). The van der Waals surface area contributed by atoms with E-state index in [1.165, 1.54) is 19.3 Å². The van der Waals surface area contributed by atoms with Crippen molar-refractivity contribution in [2.75, 3.05) is 25.5 Å². The van der Waals surface area contributed by atoms with Crippen molar-refractivity contribution in [1.29, 1.82) is 0 Å². The summed E-state index contributed by atoms with van der Waals surface area (Å²) in [4.78, 5) is 43.8. The number of aryl methyl sites for hydroxylation is 1. The lowest BCUT2D eigenvalue weighted by Crippen LogP contribution is -2.28. The maximum absolute atomic E-state index is 12.9. The summed E-state index contributed by atoms with van der Waals surface area (Å²) in [5.74, 6) is -1.44. The summed E-state index contributed by atoms with van der Waals surface area (Å²) in [6.45, 7) is 5.52. The first-order chi connectivity index (χ1) is 20.9. The number of aliphatic carboxylic acids is 1. The summed E-state index contributed by atoms with van der Waals surface area (Å²) >= 11 is 13.7. The van der Waals surface area contributed by atoms with Gasteiger partial charge in [0.15, 0.2) is 0 Å². The summed E-state index contributed by atoms with van der Waals surface area (Å²) in [6.07, 6.45) is 1.37. The number of methoxy groups -OCH3 is 1. The number of hydrogen-bond donors (Lipinski definition) is 2. The minimum atomic E-state index is -0.792. The standard InChI is InChI=1S/C32H31Cl2N5O5/c1-32(2)17-39(16-23(32)31(42)43)15-18-11-12-24(37-29(18)44-4)21-9-5-7-19(26(21)33)20-8-6-10-25(27(20)34)36-28(40)22-13-14-35-38(3)30(22)41/h5-14,23H,15-17H2,1-4H3,(H,36,40)(H,42,43). The van der Waals surface area contributed by atoms with Gasteiger partial charge in [-0.2, -0.15) is 5.10 Å². The molecule has 2 aromatic heterocycles. The van der Waals surface area contributed by atoms with E-state index < -0.39 is 23.4 Å². The molecule has 1 aliphatic heterocycles. The Labute approximate surface area is 264 Å². The molecule has 0 bridgehead atoms. The molecule has 0 radical (unpaired) electrons. The number of benzene rings is 2. The van der Waals surface area contributed by atoms with Crippen LogP contribution in [0.2, 0.25) is 10.0 Å². The van der Waals surface area contributed by atoms with Crippen LogP contribution in [0.25, 0.3) is 22.4 Å². The number of rotatable bonds is 8. The van der Waals surface area contributed by atoms with Crippen LogP contribution in [0, 0.1) is 11.3 Å². The van der Waals surface area contributed by atoms with E-state index in [4.69, 9.17) is 32.9 Å². The molecule has 10 nitrogen and oxygen atoms in total. The molecule has 1 amide bonds. The Hall–Kier alpha value is -4.25. The maximum Gasteiger partial charge on any atom is 0.308 e. The van der Waals surface area contributed by atoms with Crippen molar-refractivity contribution < 1.29 is 19.4 Å². The summed E-state index contributed by atoms with van der Waals surface area (Å²) in [7, 11) is 3.01. The van der Waals surface area contributed by atoms with Crippen molar-refractivity contribution in [2.24, 2.45) is 18.4 Å². The number of amides is 1. The van der Waals surface area contributed by atoms with Gasteiger partial charge in [0.05, 0.1) is 34.5 Å². The van der Waals surface area contributed by atoms with Crippen LogP contribution in [0.4, 0.5) is 5.69 Å². The van der Waals surface area contributed by atoms with Gasteiger partial charge in [-0.1, -0.05) is 73.4 Å². The summed E-state index contributed by atoms with van der Waals surface area (Å²) < 4.78 is 6.72. The van der Waals surface area contributed by atoms with E-state index in [1.54, 1.807) is 25.3 Å². The van der Waals surface area contributed by atoms with Gasteiger partial charge in [0, 0.05) is 55.1 Å². The second-order valence-corrected chi connectivity index (χ2v) is 12.1. The molecule has 2 N–H and O–H groups in total. The third-order valence-electron chi connectivity index (χ3n) is 7.90. The van der Waals surface area contributed by atoms with Gasteiger partial charge >= 0.3 is 5.97 Å². The van der Waals surface area contributed by atoms with Gasteiger partial charge in [0.1, 0.15) is 5.56 Å². The zero-order chi connectivity index (χ0) is 31.8. The van der Waals surface area contributed by atoms with Crippen LogP contribution in [-0.2, 0) is 18.4 Å². The van der Waals surface area contributed by atoms with E-state index in [-0.39, 0.29) is 16.0 Å². The lowest BCUT2D eigenvalue weighted by Gasteiger charge is -2.22. The molecule has 1 unspecified atom stereocenters. The van der Waals surface area contributed by atoms with Gasteiger partial charge < -0.3 is 15.2 Å². The zero-order valence-electron chi connectivity index (χ0n) is 24.6. The fraction of sp³-hybridized carbons (Fsp3) is 0.281. The highest BCUT2D eigenvalue weighted by atomic mass is 35.5. The van der Waals surface area contributed by atoms with Crippen LogP contribution in [0.5, 0.6) is 5.88 Å². The van der Waals surface area contributed by atoms with Crippen molar-refractivity contribution in [2.45, 2.75) is 20.4 Å². The Morgan fingerprint density at radius 1 is 1.05 bits per heavy atom. The molecule has 3 heterocycles. The monoisotopic (exact) mass is 635 g/mol. The van der Waals surface area contributed by atoms with Crippen molar-refractivity contribution >= 4 is 40.8 Å². The number of halogens is 2. The van der Waals surface area contributed by atoms with Crippen LogP contribution in [0.3, 0.4) is 0 Å². The highest BCUT2D eigenvalue weighted by Gasteiger charge is 2.43. The summed E-state index contributed by atoms with van der Waals surface area (Å²) in [5, 5.41) is 16.9. The zero-order valence-corrected chi connectivity index (χ0v) is 26.1. The number of carboxylic acids is 1. The van der Waals surface area contributed by atoms with Crippen LogP contribution < -0.4 is 15.6 Å². The Kier molecular flexibility index (Phi) is 8.78. The molecule has 1 aliphatic rings. The number of ether oxygens (including phenoxy) is 1. The molecule has 12 heteroatoms. The molecule has 0 aliphatic carbocycles. The third kappa shape index (κ3) is 6.06. The van der Waals surface area contributed by atoms with Crippen molar-refractivity contribution in [3.8, 4) is 28.3 Å². The second-order valence-electron chi connectivity index (χ2n) is 11.4. The predicted molar refractivity (Wildman–Crippen MR) is 169 cm³/mol. The molecule has 0 saturated carbocycles. The number of hydrogen-bond acceptors (Lipinski definition) is 7. The molecule has 1 atom stereocenters. The van der Waals surface area contributed by atoms with Gasteiger partial charge in [0.25, 0.3) is 11.5 Å². The van der Waals surface area contributed by atoms with Crippen LogP contribution in [0.1, 0.15) is 29.8 Å². The Bertz CT molecular complexity index is 1820. The number of pyridine rings is 1. The van der Waals surface area contributed by atoms with Crippen molar-refractivity contribution in [3.63, 3.8) is 0 Å². The Morgan fingerprint density at radius 3 is 2.41 bits per heavy atom. The molecule has 4 aromatic rings. The summed E-state index contributed by atoms with van der Waals surface area (Å²) in [5.41, 5.74) is 2.62. The fourth-order valence-electron chi connectivity index (χ4n) is 5.59. The fourth-order valence-corrected chi connectivity index (χ4v) is 6.19. The van der Waals surface area contributed by atoms with E-state index in [9.17, 15) is 19.5 Å². The number of carbonyl (C=O) groups is 2. The largest absolute Gasteiger partial charge is 0.481 e. The van der Waals surface area contributed by atoms with Crippen LogP contribution in [-0.4, -0.2) is 56.8 Å². The highest BCUT2D eigenvalue weighted by molar-refractivity contribution is 6.39. The van der Waals surface area contributed by atoms with Crippen LogP contribution >= 0.6 is 23.2 Å². The number of nitrogens with one attached hydrogen (secondary N) is 1. The van der Waals surface area contributed by atoms with Gasteiger partial charge in [-0.3, -0.25) is 19.3 Å². The first-order valence-electron chi connectivity index (χ1n) is 13.8. The number of likely N-dealkylation sites (tertiary alicyclic amines) is 1. The van der Waals surface area contributed by atoms with E-state index in [0.717, 1.165) is 10.2 Å². The first kappa shape index (κ1) is 31.2. The number of anilines is 1. The Morgan fingerprint density at radius 2 is 1.73 bits per heavy atom. The van der Waals surface area contributed by atoms with Gasteiger partial charge in [0.2, 0.25) is 5.88 Å². The quantitative estimate of drug-likeness (QED) is 0.255. The minimum Gasteiger partial charge on any atom is -0.481 e. The molecule has 0 spiro atoms. The molecule has 1 fully saturated rings. The lowest BCUT2D eigenvalue weighted by molar-refractivity contribution is -0.144. The van der Waals surface area contributed by atoms with Crippen LogP contribution in [0.15, 0.2) is 65.6 Å². The number of nitrogens with zero attached hydrogens (tertiary/aromatic N) is 4. The first-order valence-corrected chi connectivity index (χ1v) is 14.6. The summed E-state index contributed by atoms with van der Waals surface area (Å²) in [6, 6.07) is 15.8. The van der Waals surface area contributed by atoms with Gasteiger partial charge in [-0.25, -0.2) is 9.67 Å². The molecular formula is C32H31Cl2N5O5. The average Bonchev–Trinajstić information content (AvgIpc) is 3.29. The number of carboxylic acid groups (broad SMARTS) is 1. The SMILES string of the molecule is COc1nc(-c2cccc(-c3cccc(NC(=O)c4ccnn(C)c4=O)c3Cl)c2Cl)ccc1CN1CC(C(=O)O)C(C)(C)C1. The maximum atomic E-state index is 12.9. The van der Waals surface area contributed by atoms with E-state index >= 15 is 0 Å². The third-order valence-corrected chi connectivity index (χ3v) is 8.72. The molecule has 2 aromatic carbocycles. The lowest BCUT2D eigenvalue weighted by atomic mass is 9.82. The van der Waals surface area contributed by atoms with Crippen molar-refractivity contribution in [3.05, 3.63) is 92.3 Å². The number of carbonyl (C=O) groups excluding carboxylic acids is 1. The second kappa shape index (κ2) is 12.4. The van der Waals surface area contributed by atoms with E-state index in [2.05, 4.69) is 15.3 Å². The van der Waals surface area contributed by atoms with E-state index in [1.807, 2.05) is 44.2 Å². The van der Waals surface area contributed by atoms with Crippen molar-refractivity contribution in [1.82, 2.24) is 19.7 Å². The molecule has 44 heavy (non-hydrogen) atoms. The van der Waals surface area contributed by atoms with Gasteiger partial charge in [-0.15, -0.1) is 0 Å². The molecule has 1 saturated heterocycles. The Balaban J connectivity index is 1.43. The molecular weight excluding hydrogens is 605 g/mol. The number of aromatic nitrogens is 3. The van der Waals surface area contributed by atoms with Gasteiger partial charge in [-0.05, 0) is 23.6 Å². The topological polar surface area (TPSA) is 127 Å². The normalized spacial score (nSPS) is 16.1. The minimum absolute atomic E-state index is 0.0670. The highest BCUT2D eigenvalue weighted by Crippen LogP contribution is 2.42. The smallest absolute Gasteiger partial charge is 0.308 e. The predicted octanol–water partition coefficient (Wildman–Crippen LogP) is 5.62. The molecule has 228 valence electrons.